The molecule has 2 aliphatic rings. The molecule has 4 heterocycles. The Balaban J connectivity index is 1.58. The van der Waals surface area contributed by atoms with Crippen LogP contribution in [0.1, 0.15) is 11.5 Å². The number of halogens is 2. The fourth-order valence-corrected chi connectivity index (χ4v) is 3.90. The lowest BCUT2D eigenvalue weighted by Gasteiger charge is -2.24. The minimum absolute atomic E-state index is 0.0230. The third-order valence-corrected chi connectivity index (χ3v) is 5.32. The van der Waals surface area contributed by atoms with Crippen molar-refractivity contribution in [2.45, 2.75) is 13.1 Å². The number of nitrogens with zero attached hydrogens (tertiary/aromatic N) is 6. The zero-order valence-electron chi connectivity index (χ0n) is 14.2. The maximum absolute atomic E-state index is 11.6. The first kappa shape index (κ1) is 16.7. The van der Waals surface area contributed by atoms with Crippen LogP contribution in [0.25, 0.3) is 17.1 Å². The minimum Gasteiger partial charge on any atom is -0.354 e. The van der Waals surface area contributed by atoms with E-state index in [1.54, 1.807) is 6.33 Å². The zero-order chi connectivity index (χ0) is 18.5. The molecule has 0 aliphatic carbocycles. The van der Waals surface area contributed by atoms with Gasteiger partial charge in [0.1, 0.15) is 6.33 Å². The molecule has 8 nitrogen and oxygen atoms in total. The summed E-state index contributed by atoms with van der Waals surface area (Å²) in [5.74, 6) is 1.41. The number of hydrogen-bond acceptors (Lipinski definition) is 5. The lowest BCUT2D eigenvalue weighted by molar-refractivity contribution is -0.124. The Bertz CT molecular complexity index is 1060. The highest BCUT2D eigenvalue weighted by atomic mass is 35.5. The molecule has 2 aromatic heterocycles. The SMILES string of the molecule is O=C1CN(Cc2nc3n(n2)Cc2c(Cl)ncn2-c2ccc(Cl)cc2-3)CCN1. The first-order valence-corrected chi connectivity index (χ1v) is 9.29. The van der Waals surface area contributed by atoms with Crippen molar-refractivity contribution in [3.8, 4) is 17.1 Å². The molecule has 1 saturated heterocycles. The number of hydrogen-bond donors (Lipinski definition) is 1. The van der Waals surface area contributed by atoms with E-state index in [1.165, 1.54) is 0 Å². The van der Waals surface area contributed by atoms with E-state index in [4.69, 9.17) is 28.2 Å². The van der Waals surface area contributed by atoms with Gasteiger partial charge in [-0.2, -0.15) is 5.10 Å². The normalized spacial score (nSPS) is 16.3. The molecule has 1 amide bonds. The molecule has 10 heteroatoms. The fourth-order valence-electron chi connectivity index (χ4n) is 3.53. The number of carbonyl (C=O) groups excluding carboxylic acids is 1. The van der Waals surface area contributed by atoms with Gasteiger partial charge in [0.25, 0.3) is 0 Å². The topological polar surface area (TPSA) is 80.9 Å². The van der Waals surface area contributed by atoms with Crippen molar-refractivity contribution in [1.82, 2.24) is 34.5 Å². The average Bonchev–Trinajstić information content (AvgIpc) is 3.16. The maximum atomic E-state index is 11.6. The molecule has 2 aliphatic heterocycles. The Hall–Kier alpha value is -2.42. The van der Waals surface area contributed by atoms with E-state index in [1.807, 2.05) is 32.3 Å². The van der Waals surface area contributed by atoms with E-state index in [9.17, 15) is 4.79 Å². The minimum atomic E-state index is 0.0230. The number of fused-ring (bicyclic) bond motifs is 5. The first-order valence-electron chi connectivity index (χ1n) is 8.53. The standard InChI is InChI=1S/C17H15Cl2N7O/c18-10-1-2-12-11(5-10)17-22-14(7-24-4-3-20-15(27)8-24)23-26(17)6-13-16(19)21-9-25(12)13/h1-2,5,9H,3-4,6-8H2,(H,20,27). The monoisotopic (exact) mass is 403 g/mol. The number of imidazole rings is 1. The van der Waals surface area contributed by atoms with Crippen LogP contribution in [0.15, 0.2) is 24.5 Å². The van der Waals surface area contributed by atoms with Gasteiger partial charge in [0.05, 0.1) is 31.0 Å². The van der Waals surface area contributed by atoms with Crippen molar-refractivity contribution >= 4 is 29.1 Å². The average molecular weight is 404 g/mol. The maximum Gasteiger partial charge on any atom is 0.234 e. The molecule has 0 unspecified atom stereocenters. The van der Waals surface area contributed by atoms with Crippen LogP contribution in [-0.4, -0.2) is 54.8 Å². The van der Waals surface area contributed by atoms with Crippen molar-refractivity contribution in [2.24, 2.45) is 0 Å². The number of amides is 1. The van der Waals surface area contributed by atoms with Crippen molar-refractivity contribution < 1.29 is 4.79 Å². The summed E-state index contributed by atoms with van der Waals surface area (Å²) >= 11 is 12.5. The smallest absolute Gasteiger partial charge is 0.234 e. The van der Waals surface area contributed by atoms with E-state index in [0.717, 1.165) is 29.3 Å². The van der Waals surface area contributed by atoms with Gasteiger partial charge >= 0.3 is 0 Å². The third-order valence-electron chi connectivity index (χ3n) is 4.77. The van der Waals surface area contributed by atoms with Crippen LogP contribution in [0.2, 0.25) is 10.2 Å². The highest BCUT2D eigenvalue weighted by Crippen LogP contribution is 2.34. The second-order valence-corrected chi connectivity index (χ2v) is 7.38. The summed E-state index contributed by atoms with van der Waals surface area (Å²) in [5.41, 5.74) is 2.61. The molecule has 0 bridgehead atoms. The highest BCUT2D eigenvalue weighted by molar-refractivity contribution is 6.31. The number of aromatic nitrogens is 5. The fraction of sp³-hybridized carbons (Fsp3) is 0.294. The predicted molar refractivity (Wildman–Crippen MR) is 100.0 cm³/mol. The van der Waals surface area contributed by atoms with Crippen LogP contribution < -0.4 is 5.32 Å². The van der Waals surface area contributed by atoms with E-state index < -0.39 is 0 Å². The van der Waals surface area contributed by atoms with E-state index in [2.05, 4.69) is 15.4 Å². The van der Waals surface area contributed by atoms with Gasteiger partial charge in [0, 0.05) is 23.7 Å². The van der Waals surface area contributed by atoms with E-state index in [-0.39, 0.29) is 5.91 Å². The van der Waals surface area contributed by atoms with Gasteiger partial charge in [-0.1, -0.05) is 23.2 Å². The molecular formula is C17H15Cl2N7O. The van der Waals surface area contributed by atoms with Crippen molar-refractivity contribution in [2.75, 3.05) is 19.6 Å². The van der Waals surface area contributed by atoms with Gasteiger partial charge < -0.3 is 5.32 Å². The van der Waals surface area contributed by atoms with Gasteiger partial charge in [-0.15, -0.1) is 0 Å². The van der Waals surface area contributed by atoms with Crippen molar-refractivity contribution in [3.05, 3.63) is 46.2 Å². The molecule has 3 aromatic rings. The number of piperazine rings is 1. The number of nitrogens with one attached hydrogen (secondary N) is 1. The zero-order valence-corrected chi connectivity index (χ0v) is 15.7. The van der Waals surface area contributed by atoms with Crippen LogP contribution in [0, 0.1) is 0 Å². The first-order chi connectivity index (χ1) is 13.1. The molecular weight excluding hydrogens is 389 g/mol. The van der Waals surface area contributed by atoms with Gasteiger partial charge in [0.15, 0.2) is 16.8 Å². The van der Waals surface area contributed by atoms with Gasteiger partial charge in [-0.25, -0.2) is 14.6 Å². The Kier molecular flexibility index (Phi) is 3.92. The molecule has 0 spiro atoms. The Morgan fingerprint density at radius 1 is 1.22 bits per heavy atom. The summed E-state index contributed by atoms with van der Waals surface area (Å²) < 4.78 is 3.76. The van der Waals surface area contributed by atoms with Gasteiger partial charge in [-0.05, 0) is 18.2 Å². The molecule has 5 rings (SSSR count). The van der Waals surface area contributed by atoms with Gasteiger partial charge in [0.2, 0.25) is 5.91 Å². The van der Waals surface area contributed by atoms with Crippen molar-refractivity contribution in [1.29, 1.82) is 0 Å². The molecule has 0 atom stereocenters. The summed E-state index contributed by atoms with van der Waals surface area (Å²) in [4.78, 5) is 22.6. The molecule has 0 radical (unpaired) electrons. The molecule has 1 aromatic carbocycles. The lowest BCUT2D eigenvalue weighted by Crippen LogP contribution is -2.47. The van der Waals surface area contributed by atoms with Crippen LogP contribution in [-0.2, 0) is 17.9 Å². The Morgan fingerprint density at radius 3 is 2.96 bits per heavy atom. The molecule has 1 fully saturated rings. The number of carbonyl (C=O) groups is 1. The van der Waals surface area contributed by atoms with Crippen LogP contribution >= 0.6 is 23.2 Å². The largest absolute Gasteiger partial charge is 0.354 e. The molecule has 1 N–H and O–H groups in total. The van der Waals surface area contributed by atoms with Crippen LogP contribution in [0.3, 0.4) is 0 Å². The molecule has 0 saturated carbocycles. The summed E-state index contributed by atoms with van der Waals surface area (Å²) in [6.45, 7) is 2.73. The summed E-state index contributed by atoms with van der Waals surface area (Å²) in [5, 5.41) is 8.55. The third kappa shape index (κ3) is 2.90. The van der Waals surface area contributed by atoms with Gasteiger partial charge in [-0.3, -0.25) is 14.3 Å². The van der Waals surface area contributed by atoms with E-state index >= 15 is 0 Å². The van der Waals surface area contributed by atoms with Crippen LogP contribution in [0.5, 0.6) is 0 Å². The van der Waals surface area contributed by atoms with Crippen LogP contribution in [0.4, 0.5) is 0 Å². The quantitative estimate of drug-likeness (QED) is 0.551. The number of rotatable bonds is 2. The van der Waals surface area contributed by atoms with Crippen molar-refractivity contribution in [3.63, 3.8) is 0 Å². The summed E-state index contributed by atoms with van der Waals surface area (Å²) in [6, 6.07) is 5.63. The second kappa shape index (κ2) is 6.33. The van der Waals surface area contributed by atoms with E-state index in [0.29, 0.717) is 42.2 Å². The predicted octanol–water partition coefficient (Wildman–Crippen LogP) is 1.73. The summed E-state index contributed by atoms with van der Waals surface area (Å²) in [7, 11) is 0. The Morgan fingerprint density at radius 2 is 2.11 bits per heavy atom. The Labute approximate surface area is 164 Å². The number of benzene rings is 1. The molecule has 27 heavy (non-hydrogen) atoms. The summed E-state index contributed by atoms with van der Waals surface area (Å²) in [6.07, 6.45) is 1.70. The lowest BCUT2D eigenvalue weighted by atomic mass is 10.1. The molecule has 138 valence electrons. The second-order valence-electron chi connectivity index (χ2n) is 6.58. The highest BCUT2D eigenvalue weighted by Gasteiger charge is 2.26.